The smallest absolute Gasteiger partial charge is 0.238 e. The molecule has 2 N–H and O–H groups in total. The fraction of sp³-hybridized carbons (Fsp3) is 0.417. The van der Waals surface area contributed by atoms with Crippen molar-refractivity contribution in [1.82, 2.24) is 5.32 Å². The molecule has 0 fully saturated rings. The monoisotopic (exact) mass is 276 g/mol. The van der Waals surface area contributed by atoms with Crippen LogP contribution in [-0.4, -0.2) is 32.7 Å². The van der Waals surface area contributed by atoms with E-state index >= 15 is 0 Å². The average molecular weight is 277 g/mol. The number of ether oxygens (including phenoxy) is 1. The van der Waals surface area contributed by atoms with Crippen LogP contribution in [0.5, 0.6) is 0 Å². The molecule has 6 heteroatoms. The summed E-state index contributed by atoms with van der Waals surface area (Å²) in [7, 11) is 1.60. The van der Waals surface area contributed by atoms with E-state index in [9.17, 15) is 9.18 Å². The molecule has 0 aliphatic heterocycles. The van der Waals surface area contributed by atoms with E-state index in [2.05, 4.69) is 10.6 Å². The van der Waals surface area contributed by atoms with Crippen molar-refractivity contribution in [2.24, 2.45) is 0 Å². The van der Waals surface area contributed by atoms with Crippen LogP contribution in [0, 0.1) is 12.7 Å². The van der Waals surface area contributed by atoms with Crippen molar-refractivity contribution >= 4 is 24.0 Å². The second-order valence-electron chi connectivity index (χ2n) is 3.63. The summed E-state index contributed by atoms with van der Waals surface area (Å²) in [6.45, 7) is 2.96. The Labute approximate surface area is 112 Å². The van der Waals surface area contributed by atoms with Gasteiger partial charge in [0.05, 0.1) is 13.2 Å². The highest BCUT2D eigenvalue weighted by atomic mass is 35.5. The first kappa shape index (κ1) is 16.8. The van der Waals surface area contributed by atoms with Gasteiger partial charge in [0.2, 0.25) is 5.91 Å². The number of carbonyl (C=O) groups excluding carboxylic acids is 1. The minimum Gasteiger partial charge on any atom is -0.383 e. The lowest BCUT2D eigenvalue weighted by molar-refractivity contribution is -0.115. The maximum absolute atomic E-state index is 13.2. The molecule has 1 aromatic carbocycles. The van der Waals surface area contributed by atoms with E-state index < -0.39 is 0 Å². The van der Waals surface area contributed by atoms with Crippen LogP contribution in [-0.2, 0) is 9.53 Å². The molecule has 0 saturated heterocycles. The molecule has 4 nitrogen and oxygen atoms in total. The molecule has 0 aliphatic carbocycles. The molecule has 0 radical (unpaired) electrons. The Kier molecular flexibility index (Phi) is 8.28. The molecule has 0 aliphatic rings. The average Bonchev–Trinajstić information content (AvgIpc) is 2.31. The van der Waals surface area contributed by atoms with E-state index in [0.29, 0.717) is 24.4 Å². The van der Waals surface area contributed by atoms with Crippen molar-refractivity contribution in [3.63, 3.8) is 0 Å². The SMILES string of the molecule is COCCNCC(=O)Nc1cccc(F)c1C.Cl. The molecular weight excluding hydrogens is 259 g/mol. The van der Waals surface area contributed by atoms with Gasteiger partial charge in [0.15, 0.2) is 0 Å². The Morgan fingerprint density at radius 3 is 2.83 bits per heavy atom. The molecule has 0 spiro atoms. The maximum atomic E-state index is 13.2. The van der Waals surface area contributed by atoms with Crippen molar-refractivity contribution in [1.29, 1.82) is 0 Å². The molecule has 102 valence electrons. The topological polar surface area (TPSA) is 50.4 Å². The third kappa shape index (κ3) is 5.44. The molecule has 1 aromatic rings. The number of anilines is 1. The Morgan fingerprint density at radius 2 is 2.17 bits per heavy atom. The van der Waals surface area contributed by atoms with E-state index in [1.54, 1.807) is 26.2 Å². The number of benzene rings is 1. The number of hydrogen-bond donors (Lipinski definition) is 2. The summed E-state index contributed by atoms with van der Waals surface area (Å²) in [5.74, 6) is -0.523. The van der Waals surface area contributed by atoms with Gasteiger partial charge in [-0.25, -0.2) is 4.39 Å². The summed E-state index contributed by atoms with van der Waals surface area (Å²) in [6, 6.07) is 4.60. The van der Waals surface area contributed by atoms with Gasteiger partial charge in [-0.05, 0) is 19.1 Å². The second kappa shape index (κ2) is 8.85. The molecule has 0 saturated carbocycles. The number of nitrogens with one attached hydrogen (secondary N) is 2. The maximum Gasteiger partial charge on any atom is 0.238 e. The van der Waals surface area contributed by atoms with Crippen LogP contribution in [0.4, 0.5) is 10.1 Å². The molecule has 0 aromatic heterocycles. The van der Waals surface area contributed by atoms with Crippen LogP contribution < -0.4 is 10.6 Å². The Balaban J connectivity index is 0.00000289. The van der Waals surface area contributed by atoms with E-state index in [0.717, 1.165) is 0 Å². The van der Waals surface area contributed by atoms with Gasteiger partial charge in [-0.2, -0.15) is 0 Å². The summed E-state index contributed by atoms with van der Waals surface area (Å²) in [4.78, 5) is 11.5. The first-order valence-electron chi connectivity index (χ1n) is 5.39. The van der Waals surface area contributed by atoms with Crippen molar-refractivity contribution in [2.45, 2.75) is 6.92 Å². The van der Waals surface area contributed by atoms with Gasteiger partial charge in [-0.1, -0.05) is 6.07 Å². The number of hydrogen-bond acceptors (Lipinski definition) is 3. The summed E-state index contributed by atoms with van der Waals surface area (Å²) >= 11 is 0. The summed E-state index contributed by atoms with van der Waals surface area (Å²) < 4.78 is 18.0. The van der Waals surface area contributed by atoms with Crippen LogP contribution in [0.25, 0.3) is 0 Å². The molecular formula is C12H18ClFN2O2. The van der Waals surface area contributed by atoms with Gasteiger partial charge >= 0.3 is 0 Å². The summed E-state index contributed by atoms with van der Waals surface area (Å²) in [5, 5.41) is 5.56. The minimum atomic E-state index is -0.324. The predicted molar refractivity (Wildman–Crippen MR) is 71.8 cm³/mol. The number of methoxy groups -OCH3 is 1. The molecule has 0 atom stereocenters. The third-order valence-electron chi connectivity index (χ3n) is 2.31. The zero-order chi connectivity index (χ0) is 12.7. The largest absolute Gasteiger partial charge is 0.383 e. The number of rotatable bonds is 6. The quantitative estimate of drug-likeness (QED) is 0.778. The Hall–Kier alpha value is -1.17. The molecule has 18 heavy (non-hydrogen) atoms. The minimum absolute atomic E-state index is 0. The van der Waals surface area contributed by atoms with Gasteiger partial charge in [-0.3, -0.25) is 4.79 Å². The van der Waals surface area contributed by atoms with Crippen LogP contribution in [0.3, 0.4) is 0 Å². The third-order valence-corrected chi connectivity index (χ3v) is 2.31. The van der Waals surface area contributed by atoms with E-state index in [1.165, 1.54) is 6.07 Å². The van der Waals surface area contributed by atoms with Gasteiger partial charge < -0.3 is 15.4 Å². The highest BCUT2D eigenvalue weighted by molar-refractivity contribution is 5.92. The van der Waals surface area contributed by atoms with Crippen molar-refractivity contribution in [2.75, 3.05) is 32.1 Å². The zero-order valence-electron chi connectivity index (χ0n) is 10.5. The van der Waals surface area contributed by atoms with E-state index in [1.807, 2.05) is 0 Å². The van der Waals surface area contributed by atoms with Gasteiger partial charge in [0.1, 0.15) is 5.82 Å². The van der Waals surface area contributed by atoms with Crippen molar-refractivity contribution in [3.8, 4) is 0 Å². The summed E-state index contributed by atoms with van der Waals surface area (Å²) in [6.07, 6.45) is 0. The zero-order valence-corrected chi connectivity index (χ0v) is 11.3. The predicted octanol–water partition coefficient (Wildman–Crippen LogP) is 1.73. The van der Waals surface area contributed by atoms with E-state index in [-0.39, 0.29) is 30.7 Å². The highest BCUT2D eigenvalue weighted by Gasteiger charge is 2.06. The van der Waals surface area contributed by atoms with Crippen LogP contribution in [0.2, 0.25) is 0 Å². The lowest BCUT2D eigenvalue weighted by Crippen LogP contribution is -2.30. The number of carbonyl (C=O) groups is 1. The Morgan fingerprint density at radius 1 is 1.44 bits per heavy atom. The molecule has 0 heterocycles. The molecule has 0 bridgehead atoms. The van der Waals surface area contributed by atoms with Gasteiger partial charge in [0.25, 0.3) is 0 Å². The Bertz CT molecular complexity index is 388. The fourth-order valence-corrected chi connectivity index (χ4v) is 1.31. The molecule has 1 amide bonds. The lowest BCUT2D eigenvalue weighted by Gasteiger charge is -2.09. The first-order valence-corrected chi connectivity index (χ1v) is 5.39. The van der Waals surface area contributed by atoms with Crippen LogP contribution >= 0.6 is 12.4 Å². The highest BCUT2D eigenvalue weighted by Crippen LogP contribution is 2.16. The second-order valence-corrected chi connectivity index (χ2v) is 3.63. The summed E-state index contributed by atoms with van der Waals surface area (Å²) in [5.41, 5.74) is 0.946. The van der Waals surface area contributed by atoms with Crippen LogP contribution in [0.1, 0.15) is 5.56 Å². The van der Waals surface area contributed by atoms with Crippen molar-refractivity contribution in [3.05, 3.63) is 29.6 Å². The first-order chi connectivity index (χ1) is 8.15. The number of amides is 1. The molecule has 0 unspecified atom stereocenters. The number of halogens is 2. The van der Waals surface area contributed by atoms with Crippen LogP contribution in [0.15, 0.2) is 18.2 Å². The van der Waals surface area contributed by atoms with Crippen molar-refractivity contribution < 1.29 is 13.9 Å². The van der Waals surface area contributed by atoms with Gasteiger partial charge in [0, 0.05) is 24.9 Å². The standard InChI is InChI=1S/C12H17FN2O2.ClH/c1-9-10(13)4-3-5-11(9)15-12(16)8-14-6-7-17-2;/h3-5,14H,6-8H2,1-2H3,(H,15,16);1H. The molecule has 1 rings (SSSR count). The van der Waals surface area contributed by atoms with E-state index in [4.69, 9.17) is 4.74 Å². The fourth-order valence-electron chi connectivity index (χ4n) is 1.31. The lowest BCUT2D eigenvalue weighted by atomic mass is 10.2. The van der Waals surface area contributed by atoms with Gasteiger partial charge in [-0.15, -0.1) is 12.4 Å². The normalized spacial score (nSPS) is 9.72.